The van der Waals surface area contributed by atoms with Gasteiger partial charge in [0.2, 0.25) is 0 Å². The Morgan fingerprint density at radius 1 is 1.45 bits per heavy atom. The van der Waals surface area contributed by atoms with Gasteiger partial charge in [0.05, 0.1) is 12.1 Å². The van der Waals surface area contributed by atoms with Gasteiger partial charge in [-0.3, -0.25) is 4.79 Å². The Balaban J connectivity index is 1.72. The lowest BCUT2D eigenvalue weighted by Crippen LogP contribution is -2.12. The molecular weight excluding hydrogens is 280 g/mol. The molecule has 5 nitrogen and oxygen atoms in total. The summed E-state index contributed by atoms with van der Waals surface area (Å²) in [5, 5.41) is 6.94. The Bertz CT molecular complexity index is 650. The molecule has 1 fully saturated rings. The van der Waals surface area contributed by atoms with E-state index in [0.29, 0.717) is 22.4 Å². The third kappa shape index (κ3) is 2.63. The van der Waals surface area contributed by atoms with Gasteiger partial charge in [-0.25, -0.2) is 0 Å². The average molecular weight is 293 g/mol. The van der Waals surface area contributed by atoms with Crippen LogP contribution >= 0.6 is 11.6 Å². The van der Waals surface area contributed by atoms with Crippen LogP contribution in [0, 0.1) is 0 Å². The van der Waals surface area contributed by atoms with Crippen LogP contribution in [0.4, 0.5) is 5.69 Å². The summed E-state index contributed by atoms with van der Waals surface area (Å²) in [6.07, 6.45) is 2.20. The molecule has 2 aromatic rings. The van der Waals surface area contributed by atoms with E-state index in [0.717, 1.165) is 18.6 Å². The number of amides is 1. The first-order chi connectivity index (χ1) is 9.67. The second-order valence-corrected chi connectivity index (χ2v) is 5.10. The van der Waals surface area contributed by atoms with Crippen LogP contribution in [-0.4, -0.2) is 18.2 Å². The van der Waals surface area contributed by atoms with E-state index in [-0.39, 0.29) is 11.6 Å². The van der Waals surface area contributed by atoms with E-state index < -0.39 is 0 Å². The largest absolute Gasteiger partial charge is 0.495 e. The topological polar surface area (TPSA) is 64.4 Å². The lowest BCUT2D eigenvalue weighted by Gasteiger charge is -2.06. The maximum atomic E-state index is 12.0. The Morgan fingerprint density at radius 2 is 2.25 bits per heavy atom. The molecule has 1 amide bonds. The summed E-state index contributed by atoms with van der Waals surface area (Å²) in [5.74, 6) is 1.45. The molecule has 0 radical (unpaired) electrons. The van der Waals surface area contributed by atoms with Crippen LogP contribution < -0.4 is 10.1 Å². The number of benzene rings is 1. The number of halogens is 1. The van der Waals surface area contributed by atoms with E-state index in [1.165, 1.54) is 7.11 Å². The number of aromatic nitrogens is 1. The van der Waals surface area contributed by atoms with Crippen LogP contribution in [0.25, 0.3) is 0 Å². The van der Waals surface area contributed by atoms with Gasteiger partial charge in [-0.05, 0) is 31.0 Å². The van der Waals surface area contributed by atoms with E-state index >= 15 is 0 Å². The highest BCUT2D eigenvalue weighted by atomic mass is 35.5. The second-order valence-electron chi connectivity index (χ2n) is 4.69. The van der Waals surface area contributed by atoms with Crippen molar-refractivity contribution in [2.75, 3.05) is 12.4 Å². The zero-order chi connectivity index (χ0) is 14.1. The maximum absolute atomic E-state index is 12.0. The third-order valence-corrected chi connectivity index (χ3v) is 3.45. The molecule has 0 unspecified atom stereocenters. The van der Waals surface area contributed by atoms with E-state index in [1.54, 1.807) is 24.3 Å². The molecule has 0 aliphatic heterocycles. The van der Waals surface area contributed by atoms with Crippen molar-refractivity contribution < 1.29 is 14.1 Å². The highest BCUT2D eigenvalue weighted by molar-refractivity contribution is 6.32. The van der Waals surface area contributed by atoms with E-state index in [1.807, 2.05) is 0 Å². The fraction of sp³-hybridized carbons (Fsp3) is 0.286. The van der Waals surface area contributed by atoms with Crippen LogP contribution in [0.5, 0.6) is 5.75 Å². The highest BCUT2D eigenvalue weighted by Gasteiger charge is 2.28. The zero-order valence-corrected chi connectivity index (χ0v) is 11.6. The molecule has 1 saturated carbocycles. The number of carbonyl (C=O) groups is 1. The predicted molar refractivity (Wildman–Crippen MR) is 74.4 cm³/mol. The van der Waals surface area contributed by atoms with Crippen LogP contribution in [0.1, 0.15) is 35.0 Å². The quantitative estimate of drug-likeness (QED) is 0.937. The number of carbonyl (C=O) groups excluding carboxylic acids is 1. The van der Waals surface area contributed by atoms with Crippen LogP contribution in [0.15, 0.2) is 28.8 Å². The summed E-state index contributed by atoms with van der Waals surface area (Å²) < 4.78 is 10.2. The van der Waals surface area contributed by atoms with Gasteiger partial charge in [0, 0.05) is 17.7 Å². The molecule has 20 heavy (non-hydrogen) atoms. The number of hydrogen-bond acceptors (Lipinski definition) is 4. The Morgan fingerprint density at radius 3 is 2.90 bits per heavy atom. The van der Waals surface area contributed by atoms with Gasteiger partial charge in [-0.2, -0.15) is 0 Å². The number of anilines is 1. The molecule has 1 N–H and O–H groups in total. The van der Waals surface area contributed by atoms with E-state index in [4.69, 9.17) is 20.9 Å². The van der Waals surface area contributed by atoms with Gasteiger partial charge in [0.25, 0.3) is 5.91 Å². The molecule has 104 valence electrons. The first-order valence-corrected chi connectivity index (χ1v) is 6.66. The van der Waals surface area contributed by atoms with Gasteiger partial charge >= 0.3 is 0 Å². The monoisotopic (exact) mass is 292 g/mol. The Hall–Kier alpha value is -2.01. The van der Waals surface area contributed by atoms with Gasteiger partial charge < -0.3 is 14.6 Å². The first kappa shape index (κ1) is 13.0. The molecule has 1 heterocycles. The predicted octanol–water partition coefficient (Wildman–Crippen LogP) is 3.47. The smallest absolute Gasteiger partial charge is 0.277 e. The number of ether oxygens (including phenoxy) is 1. The number of hydrogen-bond donors (Lipinski definition) is 1. The summed E-state index contributed by atoms with van der Waals surface area (Å²) in [5.41, 5.74) is 0.857. The molecule has 0 bridgehead atoms. The summed E-state index contributed by atoms with van der Waals surface area (Å²) in [6, 6.07) is 6.72. The first-order valence-electron chi connectivity index (χ1n) is 6.29. The normalized spacial score (nSPS) is 14.1. The summed E-state index contributed by atoms with van der Waals surface area (Å²) >= 11 is 6.00. The van der Waals surface area contributed by atoms with Gasteiger partial charge in [0.15, 0.2) is 5.69 Å². The van der Waals surface area contributed by atoms with E-state index in [9.17, 15) is 4.79 Å². The van der Waals surface area contributed by atoms with Crippen LogP contribution in [0.3, 0.4) is 0 Å². The molecule has 0 saturated heterocycles. The fourth-order valence-corrected chi connectivity index (χ4v) is 2.15. The molecule has 6 heteroatoms. The van der Waals surface area contributed by atoms with Crippen molar-refractivity contribution in [3.05, 3.63) is 40.7 Å². The van der Waals surface area contributed by atoms with Crippen molar-refractivity contribution in [2.24, 2.45) is 0 Å². The van der Waals surface area contributed by atoms with Crippen molar-refractivity contribution >= 4 is 23.2 Å². The van der Waals surface area contributed by atoms with Crippen molar-refractivity contribution in [3.63, 3.8) is 0 Å². The third-order valence-electron chi connectivity index (χ3n) is 3.15. The SMILES string of the molecule is COc1ccc(NC(=O)c2cc(C3CC3)on2)cc1Cl. The highest BCUT2D eigenvalue weighted by Crippen LogP contribution is 2.40. The zero-order valence-electron chi connectivity index (χ0n) is 10.9. The van der Waals surface area contributed by atoms with Gasteiger partial charge in [0.1, 0.15) is 11.5 Å². The van der Waals surface area contributed by atoms with Crippen molar-refractivity contribution in [3.8, 4) is 5.75 Å². The standard InChI is InChI=1S/C14H13ClN2O3/c1-19-12-5-4-9(6-10(12)15)16-14(18)11-7-13(20-17-11)8-2-3-8/h4-8H,2-3H2,1H3,(H,16,18). The average Bonchev–Trinajstić information content (AvgIpc) is 3.16. The molecule has 0 atom stereocenters. The minimum absolute atomic E-state index is 0.277. The Labute approximate surface area is 120 Å². The molecule has 0 spiro atoms. The van der Waals surface area contributed by atoms with Crippen molar-refractivity contribution in [1.29, 1.82) is 0 Å². The van der Waals surface area contributed by atoms with Crippen LogP contribution in [0.2, 0.25) is 5.02 Å². The minimum atomic E-state index is -0.318. The molecular formula is C14H13ClN2O3. The lowest BCUT2D eigenvalue weighted by atomic mass is 10.2. The molecule has 1 aromatic heterocycles. The Kier molecular flexibility index (Phi) is 3.36. The maximum Gasteiger partial charge on any atom is 0.277 e. The minimum Gasteiger partial charge on any atom is -0.495 e. The van der Waals surface area contributed by atoms with E-state index in [2.05, 4.69) is 10.5 Å². The van der Waals surface area contributed by atoms with Gasteiger partial charge in [-0.15, -0.1) is 0 Å². The molecule has 1 aliphatic carbocycles. The number of methoxy groups -OCH3 is 1. The number of rotatable bonds is 4. The van der Waals surface area contributed by atoms with Crippen molar-refractivity contribution in [2.45, 2.75) is 18.8 Å². The summed E-state index contributed by atoms with van der Waals surface area (Å²) in [4.78, 5) is 12.0. The number of nitrogens with zero attached hydrogens (tertiary/aromatic N) is 1. The fourth-order valence-electron chi connectivity index (χ4n) is 1.90. The van der Waals surface area contributed by atoms with Gasteiger partial charge in [-0.1, -0.05) is 16.8 Å². The summed E-state index contributed by atoms with van der Waals surface area (Å²) in [7, 11) is 1.54. The second kappa shape index (κ2) is 5.17. The molecule has 1 aromatic carbocycles. The number of nitrogens with one attached hydrogen (secondary N) is 1. The molecule has 3 rings (SSSR count). The molecule has 1 aliphatic rings. The van der Waals surface area contributed by atoms with Crippen molar-refractivity contribution in [1.82, 2.24) is 5.16 Å². The summed E-state index contributed by atoms with van der Waals surface area (Å²) in [6.45, 7) is 0. The lowest BCUT2D eigenvalue weighted by molar-refractivity contribution is 0.101. The van der Waals surface area contributed by atoms with Crippen LogP contribution in [-0.2, 0) is 0 Å².